The Kier molecular flexibility index (Phi) is 7.39. The SMILES string of the molecule is CSC(=Nc1cc(SC(C)(C)C)cc(S(=O)C(C)(C)C)c1)NC#N. The van der Waals surface area contributed by atoms with Crippen LogP contribution < -0.4 is 5.32 Å². The number of thioether (sulfide) groups is 2. The number of rotatable bonds is 3. The summed E-state index contributed by atoms with van der Waals surface area (Å²) in [6, 6.07) is 5.78. The lowest BCUT2D eigenvalue weighted by Crippen LogP contribution is -2.21. The first-order valence-electron chi connectivity index (χ1n) is 7.50. The van der Waals surface area contributed by atoms with Gasteiger partial charge in [-0.15, -0.1) is 11.8 Å². The van der Waals surface area contributed by atoms with Crippen LogP contribution in [-0.2, 0) is 10.8 Å². The zero-order valence-electron chi connectivity index (χ0n) is 15.3. The van der Waals surface area contributed by atoms with Gasteiger partial charge in [0.1, 0.15) is 0 Å². The fraction of sp³-hybridized carbons (Fsp3) is 0.529. The van der Waals surface area contributed by atoms with Gasteiger partial charge in [-0.25, -0.2) is 4.99 Å². The van der Waals surface area contributed by atoms with E-state index in [1.165, 1.54) is 11.8 Å². The molecule has 0 spiro atoms. The Morgan fingerprint density at radius 1 is 1.21 bits per heavy atom. The topological polar surface area (TPSA) is 65.2 Å². The van der Waals surface area contributed by atoms with Gasteiger partial charge in [0.05, 0.1) is 16.5 Å². The third-order valence-corrected chi connectivity index (χ3v) is 6.09. The average molecular weight is 384 g/mol. The average Bonchev–Trinajstić information content (AvgIpc) is 2.42. The smallest absolute Gasteiger partial charge is 0.183 e. The lowest BCUT2D eigenvalue weighted by molar-refractivity contribution is 0.648. The predicted molar refractivity (Wildman–Crippen MR) is 108 cm³/mol. The largest absolute Gasteiger partial charge is 0.271 e. The van der Waals surface area contributed by atoms with Crippen LogP contribution in [0.3, 0.4) is 0 Å². The van der Waals surface area contributed by atoms with E-state index in [9.17, 15) is 4.21 Å². The third kappa shape index (κ3) is 6.88. The minimum Gasteiger partial charge on any atom is -0.271 e. The Morgan fingerprint density at radius 3 is 2.29 bits per heavy atom. The van der Waals surface area contributed by atoms with Gasteiger partial charge in [0, 0.05) is 19.3 Å². The van der Waals surface area contributed by atoms with Crippen LogP contribution in [0.5, 0.6) is 0 Å². The van der Waals surface area contributed by atoms with Gasteiger partial charge in [-0.1, -0.05) is 32.5 Å². The van der Waals surface area contributed by atoms with E-state index in [1.54, 1.807) is 11.8 Å². The number of hydrogen-bond acceptors (Lipinski definition) is 5. The summed E-state index contributed by atoms with van der Waals surface area (Å²) in [6.45, 7) is 12.3. The maximum Gasteiger partial charge on any atom is 0.183 e. The van der Waals surface area contributed by atoms with E-state index < -0.39 is 10.8 Å². The van der Waals surface area contributed by atoms with E-state index in [2.05, 4.69) is 31.1 Å². The Bertz CT molecular complexity index is 680. The number of aliphatic imine (C=N–C) groups is 1. The molecule has 1 aromatic carbocycles. The molecule has 1 rings (SSSR count). The first-order chi connectivity index (χ1) is 11.0. The summed E-state index contributed by atoms with van der Waals surface area (Å²) in [5, 5.41) is 11.9. The highest BCUT2D eigenvalue weighted by molar-refractivity contribution is 8.13. The lowest BCUT2D eigenvalue weighted by Gasteiger charge is -2.21. The van der Waals surface area contributed by atoms with Gasteiger partial charge in [-0.3, -0.25) is 9.53 Å². The molecule has 0 saturated carbocycles. The highest BCUT2D eigenvalue weighted by Gasteiger charge is 2.23. The van der Waals surface area contributed by atoms with Crippen LogP contribution in [0.4, 0.5) is 5.69 Å². The van der Waals surface area contributed by atoms with Gasteiger partial charge in [-0.2, -0.15) is 5.26 Å². The van der Waals surface area contributed by atoms with Crippen molar-refractivity contribution in [3.63, 3.8) is 0 Å². The van der Waals surface area contributed by atoms with Gasteiger partial charge in [0.25, 0.3) is 0 Å². The molecule has 0 aliphatic heterocycles. The summed E-state index contributed by atoms with van der Waals surface area (Å²) in [6.07, 6.45) is 3.74. The highest BCUT2D eigenvalue weighted by atomic mass is 32.2. The molecule has 0 bridgehead atoms. The molecular formula is C17H25N3OS3. The maximum atomic E-state index is 12.8. The number of benzene rings is 1. The van der Waals surface area contributed by atoms with E-state index in [4.69, 9.17) is 5.26 Å². The number of nitrogens with zero attached hydrogens (tertiary/aromatic N) is 2. The fourth-order valence-corrected chi connectivity index (χ4v) is 4.44. The summed E-state index contributed by atoms with van der Waals surface area (Å²) in [4.78, 5) is 6.26. The summed E-state index contributed by atoms with van der Waals surface area (Å²) in [5.74, 6) is 0. The van der Waals surface area contributed by atoms with Crippen molar-refractivity contribution in [2.45, 2.75) is 60.8 Å². The molecule has 0 heterocycles. The van der Waals surface area contributed by atoms with E-state index >= 15 is 0 Å². The molecule has 1 unspecified atom stereocenters. The molecule has 0 fully saturated rings. The van der Waals surface area contributed by atoms with E-state index in [1.807, 2.05) is 51.4 Å². The quantitative estimate of drug-likeness (QED) is 0.264. The van der Waals surface area contributed by atoms with Crippen molar-refractivity contribution in [3.8, 4) is 6.19 Å². The van der Waals surface area contributed by atoms with Crippen LogP contribution >= 0.6 is 23.5 Å². The van der Waals surface area contributed by atoms with Crippen LogP contribution in [0, 0.1) is 11.5 Å². The summed E-state index contributed by atoms with van der Waals surface area (Å²) < 4.78 is 12.5. The minimum absolute atomic E-state index is 0.0378. The standard InChI is InChI=1S/C17H25N3OS3/c1-16(2,3)23-13-8-12(20-15(22-7)19-11-18)9-14(10-13)24(21)17(4,5)6/h8-10H,1-7H3,(H,19,20). The summed E-state index contributed by atoms with van der Waals surface area (Å²) in [5.41, 5.74) is 0.698. The molecule has 0 radical (unpaired) electrons. The van der Waals surface area contributed by atoms with Crippen molar-refractivity contribution >= 4 is 45.2 Å². The Hall–Kier alpha value is -0.970. The lowest BCUT2D eigenvalue weighted by atomic mass is 10.3. The number of amidine groups is 1. The zero-order chi connectivity index (χ0) is 18.5. The molecule has 0 aliphatic carbocycles. The second-order valence-electron chi connectivity index (χ2n) is 7.12. The zero-order valence-corrected chi connectivity index (χ0v) is 17.7. The molecule has 4 nitrogen and oxygen atoms in total. The van der Waals surface area contributed by atoms with E-state index in [-0.39, 0.29) is 9.49 Å². The van der Waals surface area contributed by atoms with Crippen LogP contribution in [0.2, 0.25) is 0 Å². The molecule has 0 aromatic heterocycles. The first-order valence-corrected chi connectivity index (χ1v) is 10.7. The van der Waals surface area contributed by atoms with Crippen molar-refractivity contribution in [1.29, 1.82) is 5.26 Å². The molecule has 1 aromatic rings. The third-order valence-electron chi connectivity index (χ3n) is 2.65. The highest BCUT2D eigenvalue weighted by Crippen LogP contribution is 2.36. The summed E-state index contributed by atoms with van der Waals surface area (Å²) >= 11 is 3.07. The molecule has 7 heteroatoms. The normalized spacial score (nSPS) is 14.2. The maximum absolute atomic E-state index is 12.8. The van der Waals surface area contributed by atoms with Crippen LogP contribution in [0.1, 0.15) is 41.5 Å². The Labute approximate surface area is 156 Å². The molecule has 1 atom stereocenters. The summed E-state index contributed by atoms with van der Waals surface area (Å²) in [7, 11) is -1.14. The second-order valence-corrected chi connectivity index (χ2v) is 12.0. The Morgan fingerprint density at radius 2 is 1.83 bits per heavy atom. The Balaban J connectivity index is 3.41. The molecule has 1 N–H and O–H groups in total. The van der Waals surface area contributed by atoms with Crippen molar-refractivity contribution in [2.24, 2.45) is 4.99 Å². The molecule has 24 heavy (non-hydrogen) atoms. The molecular weight excluding hydrogens is 358 g/mol. The number of nitrogens with one attached hydrogen (secondary N) is 1. The van der Waals surface area contributed by atoms with Crippen molar-refractivity contribution in [1.82, 2.24) is 5.32 Å². The number of nitriles is 1. The number of hydrogen-bond donors (Lipinski definition) is 1. The van der Waals surface area contributed by atoms with Gasteiger partial charge in [-0.05, 0) is 45.2 Å². The van der Waals surface area contributed by atoms with E-state index in [0.717, 1.165) is 9.79 Å². The minimum atomic E-state index is -1.14. The molecule has 0 aliphatic rings. The van der Waals surface area contributed by atoms with Crippen LogP contribution in [0.25, 0.3) is 0 Å². The first kappa shape index (κ1) is 21.1. The fourth-order valence-electron chi connectivity index (χ4n) is 1.78. The molecule has 132 valence electrons. The van der Waals surface area contributed by atoms with Gasteiger partial charge < -0.3 is 0 Å². The van der Waals surface area contributed by atoms with Crippen molar-refractivity contribution in [2.75, 3.05) is 6.26 Å². The van der Waals surface area contributed by atoms with Gasteiger partial charge >= 0.3 is 0 Å². The predicted octanol–water partition coefficient (Wildman–Crippen LogP) is 4.90. The monoisotopic (exact) mass is 383 g/mol. The van der Waals surface area contributed by atoms with Crippen LogP contribution in [-0.4, -0.2) is 25.1 Å². The van der Waals surface area contributed by atoms with Crippen molar-refractivity contribution < 1.29 is 4.21 Å². The molecule has 0 amide bonds. The van der Waals surface area contributed by atoms with E-state index in [0.29, 0.717) is 10.9 Å². The van der Waals surface area contributed by atoms with Crippen LogP contribution in [0.15, 0.2) is 33.0 Å². The van der Waals surface area contributed by atoms with Gasteiger partial charge in [0.2, 0.25) is 0 Å². The van der Waals surface area contributed by atoms with Crippen molar-refractivity contribution in [3.05, 3.63) is 18.2 Å². The van der Waals surface area contributed by atoms with Gasteiger partial charge in [0.15, 0.2) is 11.4 Å². The molecule has 0 saturated heterocycles. The second kappa shape index (κ2) is 8.41.